The van der Waals surface area contributed by atoms with Crippen molar-refractivity contribution in [1.82, 2.24) is 9.88 Å². The normalized spacial score (nSPS) is 17.9. The summed E-state index contributed by atoms with van der Waals surface area (Å²) < 4.78 is 5.36. The minimum Gasteiger partial charge on any atom is -0.381 e. The van der Waals surface area contributed by atoms with Gasteiger partial charge >= 0.3 is 0 Å². The van der Waals surface area contributed by atoms with Crippen LogP contribution in [0.4, 0.5) is 0 Å². The van der Waals surface area contributed by atoms with Crippen LogP contribution in [0.5, 0.6) is 0 Å². The monoisotopic (exact) mass is 240 g/mol. The van der Waals surface area contributed by atoms with E-state index in [9.17, 15) is 0 Å². The molecule has 1 aromatic heterocycles. The van der Waals surface area contributed by atoms with Crippen molar-refractivity contribution in [2.24, 2.45) is 0 Å². The Hall–Kier alpha value is -0.640. The molecule has 1 aliphatic rings. The van der Waals surface area contributed by atoms with Gasteiger partial charge in [0.1, 0.15) is 5.15 Å². The first-order chi connectivity index (χ1) is 7.75. The Morgan fingerprint density at radius 2 is 2.19 bits per heavy atom. The van der Waals surface area contributed by atoms with Gasteiger partial charge in [-0.1, -0.05) is 17.7 Å². The predicted octanol–water partition coefficient (Wildman–Crippen LogP) is 2.35. The Balaban J connectivity index is 1.93. The van der Waals surface area contributed by atoms with Gasteiger partial charge in [-0.15, -0.1) is 0 Å². The number of rotatable bonds is 3. The molecule has 16 heavy (non-hydrogen) atoms. The summed E-state index contributed by atoms with van der Waals surface area (Å²) in [6, 6.07) is 6.37. The van der Waals surface area contributed by atoms with Gasteiger partial charge in [0.2, 0.25) is 0 Å². The fourth-order valence-electron chi connectivity index (χ4n) is 2.05. The highest BCUT2D eigenvalue weighted by molar-refractivity contribution is 6.29. The summed E-state index contributed by atoms with van der Waals surface area (Å²) in [5, 5.41) is 0.567. The Kier molecular flexibility index (Phi) is 4.16. The second kappa shape index (κ2) is 5.62. The maximum absolute atomic E-state index is 5.86. The van der Waals surface area contributed by atoms with Gasteiger partial charge in [0.25, 0.3) is 0 Å². The first-order valence-corrected chi connectivity index (χ1v) is 6.03. The molecular weight excluding hydrogens is 224 g/mol. The van der Waals surface area contributed by atoms with Crippen molar-refractivity contribution < 1.29 is 4.74 Å². The fourth-order valence-corrected chi connectivity index (χ4v) is 2.23. The SMILES string of the molecule is CN(Cc1cccc(Cl)n1)C1CCOCC1. The van der Waals surface area contributed by atoms with Crippen LogP contribution in [-0.2, 0) is 11.3 Å². The third-order valence-electron chi connectivity index (χ3n) is 3.00. The summed E-state index contributed by atoms with van der Waals surface area (Å²) >= 11 is 5.86. The van der Waals surface area contributed by atoms with Crippen molar-refractivity contribution in [2.45, 2.75) is 25.4 Å². The van der Waals surface area contributed by atoms with E-state index in [0.717, 1.165) is 38.3 Å². The Bertz CT molecular complexity index is 340. The molecule has 0 atom stereocenters. The average molecular weight is 241 g/mol. The van der Waals surface area contributed by atoms with Gasteiger partial charge in [-0.05, 0) is 32.0 Å². The highest BCUT2D eigenvalue weighted by Gasteiger charge is 2.18. The quantitative estimate of drug-likeness (QED) is 0.759. The lowest BCUT2D eigenvalue weighted by molar-refractivity contribution is 0.0403. The molecular formula is C12H17ClN2O. The molecule has 1 fully saturated rings. The molecule has 2 heterocycles. The molecule has 0 unspecified atom stereocenters. The summed E-state index contributed by atoms with van der Waals surface area (Å²) in [4.78, 5) is 6.64. The van der Waals surface area contributed by atoms with Crippen molar-refractivity contribution in [1.29, 1.82) is 0 Å². The second-order valence-corrected chi connectivity index (χ2v) is 4.60. The zero-order valence-corrected chi connectivity index (χ0v) is 10.3. The molecule has 0 aromatic carbocycles. The molecule has 0 saturated carbocycles. The second-order valence-electron chi connectivity index (χ2n) is 4.21. The van der Waals surface area contributed by atoms with Crippen LogP contribution >= 0.6 is 11.6 Å². The van der Waals surface area contributed by atoms with Crippen LogP contribution in [-0.4, -0.2) is 36.2 Å². The molecule has 0 aliphatic carbocycles. The van der Waals surface area contributed by atoms with E-state index < -0.39 is 0 Å². The lowest BCUT2D eigenvalue weighted by Gasteiger charge is -2.30. The number of hydrogen-bond donors (Lipinski definition) is 0. The molecule has 1 aromatic rings. The van der Waals surface area contributed by atoms with Gasteiger partial charge < -0.3 is 4.74 Å². The van der Waals surface area contributed by atoms with Crippen LogP contribution in [0.15, 0.2) is 18.2 Å². The summed E-state index contributed by atoms with van der Waals surface area (Å²) in [5.41, 5.74) is 1.03. The summed E-state index contributed by atoms with van der Waals surface area (Å²) in [6.45, 7) is 2.60. The van der Waals surface area contributed by atoms with Gasteiger partial charge in [0, 0.05) is 25.8 Å². The van der Waals surface area contributed by atoms with E-state index in [-0.39, 0.29) is 0 Å². The van der Waals surface area contributed by atoms with E-state index in [1.165, 1.54) is 0 Å². The number of nitrogens with zero attached hydrogens (tertiary/aromatic N) is 2. The third kappa shape index (κ3) is 3.17. The predicted molar refractivity (Wildman–Crippen MR) is 64.6 cm³/mol. The summed E-state index contributed by atoms with van der Waals surface area (Å²) in [7, 11) is 2.14. The molecule has 0 N–H and O–H groups in total. The molecule has 0 spiro atoms. The zero-order chi connectivity index (χ0) is 11.4. The van der Waals surface area contributed by atoms with E-state index in [2.05, 4.69) is 16.9 Å². The molecule has 4 heteroatoms. The van der Waals surface area contributed by atoms with Crippen LogP contribution in [0.3, 0.4) is 0 Å². The smallest absolute Gasteiger partial charge is 0.129 e. The molecule has 2 rings (SSSR count). The van der Waals surface area contributed by atoms with Crippen LogP contribution in [0.1, 0.15) is 18.5 Å². The van der Waals surface area contributed by atoms with Crippen molar-refractivity contribution in [3.8, 4) is 0 Å². The number of halogens is 1. The lowest BCUT2D eigenvalue weighted by atomic mass is 10.1. The van der Waals surface area contributed by atoms with E-state index in [1.807, 2.05) is 12.1 Å². The molecule has 1 saturated heterocycles. The van der Waals surface area contributed by atoms with E-state index >= 15 is 0 Å². The standard InChI is InChI=1S/C12H17ClN2O/c1-15(11-5-7-16-8-6-11)9-10-3-2-4-12(13)14-10/h2-4,11H,5-9H2,1H3. The van der Waals surface area contributed by atoms with Gasteiger partial charge in [0.05, 0.1) is 5.69 Å². The van der Waals surface area contributed by atoms with E-state index in [0.29, 0.717) is 11.2 Å². The molecule has 3 nitrogen and oxygen atoms in total. The zero-order valence-electron chi connectivity index (χ0n) is 9.53. The maximum atomic E-state index is 5.86. The highest BCUT2D eigenvalue weighted by Crippen LogP contribution is 2.15. The molecule has 0 amide bonds. The Morgan fingerprint density at radius 1 is 1.44 bits per heavy atom. The van der Waals surface area contributed by atoms with Crippen molar-refractivity contribution in [2.75, 3.05) is 20.3 Å². The fraction of sp³-hybridized carbons (Fsp3) is 0.583. The largest absolute Gasteiger partial charge is 0.381 e. The van der Waals surface area contributed by atoms with Crippen molar-refractivity contribution >= 4 is 11.6 Å². The first-order valence-electron chi connectivity index (χ1n) is 5.65. The van der Waals surface area contributed by atoms with E-state index in [4.69, 9.17) is 16.3 Å². The van der Waals surface area contributed by atoms with Gasteiger partial charge in [-0.2, -0.15) is 0 Å². The molecule has 1 aliphatic heterocycles. The van der Waals surface area contributed by atoms with Crippen LogP contribution < -0.4 is 0 Å². The number of aromatic nitrogens is 1. The van der Waals surface area contributed by atoms with E-state index in [1.54, 1.807) is 6.07 Å². The van der Waals surface area contributed by atoms with Gasteiger partial charge in [-0.3, -0.25) is 4.90 Å². The average Bonchev–Trinajstić information content (AvgIpc) is 2.30. The first kappa shape index (κ1) is 11.8. The minimum atomic E-state index is 0.567. The highest BCUT2D eigenvalue weighted by atomic mass is 35.5. The molecule has 0 radical (unpaired) electrons. The number of hydrogen-bond acceptors (Lipinski definition) is 3. The number of pyridine rings is 1. The summed E-state index contributed by atoms with van der Waals surface area (Å²) in [5.74, 6) is 0. The van der Waals surface area contributed by atoms with Crippen LogP contribution in [0, 0.1) is 0 Å². The van der Waals surface area contributed by atoms with Crippen molar-refractivity contribution in [3.05, 3.63) is 29.0 Å². The maximum Gasteiger partial charge on any atom is 0.129 e. The van der Waals surface area contributed by atoms with Gasteiger partial charge in [0.15, 0.2) is 0 Å². The Morgan fingerprint density at radius 3 is 2.88 bits per heavy atom. The topological polar surface area (TPSA) is 25.4 Å². The molecule has 88 valence electrons. The van der Waals surface area contributed by atoms with Crippen LogP contribution in [0.2, 0.25) is 5.15 Å². The number of ether oxygens (including phenoxy) is 1. The lowest BCUT2D eigenvalue weighted by Crippen LogP contribution is -2.36. The molecule has 0 bridgehead atoms. The van der Waals surface area contributed by atoms with Crippen molar-refractivity contribution in [3.63, 3.8) is 0 Å². The summed E-state index contributed by atoms with van der Waals surface area (Å²) in [6.07, 6.45) is 2.22. The van der Waals surface area contributed by atoms with Gasteiger partial charge in [-0.25, -0.2) is 4.98 Å². The Labute approximate surface area is 101 Å². The minimum absolute atomic E-state index is 0.567. The third-order valence-corrected chi connectivity index (χ3v) is 3.21. The van der Waals surface area contributed by atoms with Crippen LogP contribution in [0.25, 0.3) is 0 Å².